The quantitative estimate of drug-likeness (QED) is 0.101. The van der Waals surface area contributed by atoms with Gasteiger partial charge in [-0.1, -0.05) is 60.7 Å². The van der Waals surface area contributed by atoms with Crippen molar-refractivity contribution in [1.29, 1.82) is 0 Å². The average Bonchev–Trinajstić information content (AvgIpc) is 4.15. The first-order valence-electron chi connectivity index (χ1n) is 20.9. The maximum absolute atomic E-state index is 14.0. The number of nitrogens with zero attached hydrogens (tertiary/aromatic N) is 4. The zero-order valence-corrected chi connectivity index (χ0v) is 35.8. The maximum Gasteiger partial charge on any atom is 0.407 e. The Kier molecular flexibility index (Phi) is 11.2. The van der Waals surface area contributed by atoms with E-state index in [4.69, 9.17) is 19.4 Å². The van der Waals surface area contributed by atoms with Crippen molar-refractivity contribution in [2.24, 2.45) is 0 Å². The molecule has 14 nitrogen and oxygen atoms in total. The molecule has 4 aromatic carbocycles. The van der Waals surface area contributed by atoms with Gasteiger partial charge in [0.15, 0.2) is 0 Å². The molecule has 4 N–H and O–H groups in total. The summed E-state index contributed by atoms with van der Waals surface area (Å²) in [5.74, 6) is 0.771. The molecular weight excluding hydrogens is 805 g/mol. The number of hydrogen-bond acceptors (Lipinski definition) is 9. The number of imidazole rings is 2. The van der Waals surface area contributed by atoms with Crippen LogP contribution in [0.2, 0.25) is 0 Å². The number of carbonyl (C=O) groups excluding carboxylic acids is 4. The zero-order chi connectivity index (χ0) is 43.1. The number of likely N-dealkylation sites (tertiary alicyclic amines) is 2. The van der Waals surface area contributed by atoms with Crippen LogP contribution < -0.4 is 10.6 Å². The normalized spacial score (nSPS) is 18.0. The number of thiophene rings is 1. The highest BCUT2D eigenvalue weighted by molar-refractivity contribution is 7.25. The fraction of sp³-hybridized carbons (Fsp3) is 0.319. The minimum absolute atomic E-state index is 0.176. The van der Waals surface area contributed by atoms with E-state index in [0.29, 0.717) is 24.5 Å². The molecule has 4 amide bonds. The number of nitrogens with one attached hydrogen (secondary N) is 4. The second kappa shape index (κ2) is 17.1. The van der Waals surface area contributed by atoms with Crippen LogP contribution in [0.4, 0.5) is 4.79 Å². The summed E-state index contributed by atoms with van der Waals surface area (Å²) in [6, 6.07) is 26.2. The molecule has 5 atom stereocenters. The third kappa shape index (κ3) is 7.77. The Morgan fingerprint density at radius 2 is 1.42 bits per heavy atom. The van der Waals surface area contributed by atoms with Gasteiger partial charge in [-0.3, -0.25) is 14.4 Å². The van der Waals surface area contributed by atoms with Gasteiger partial charge in [-0.15, -0.1) is 11.3 Å². The van der Waals surface area contributed by atoms with Crippen LogP contribution in [0.3, 0.4) is 0 Å². The van der Waals surface area contributed by atoms with Gasteiger partial charge < -0.3 is 39.9 Å². The minimum atomic E-state index is -0.884. The highest BCUT2D eigenvalue weighted by Gasteiger charge is 2.39. The number of carbonyl (C=O) groups is 4. The number of hydrogen-bond donors (Lipinski definition) is 4. The van der Waals surface area contributed by atoms with Crippen molar-refractivity contribution in [3.8, 4) is 22.4 Å². The number of methoxy groups -OCH3 is 2. The van der Waals surface area contributed by atoms with Gasteiger partial charge in [-0.25, -0.2) is 14.8 Å². The molecule has 2 fully saturated rings. The number of H-pyrrole nitrogens is 2. The molecule has 318 valence electrons. The Hall–Kier alpha value is -6.58. The molecule has 2 saturated heterocycles. The van der Waals surface area contributed by atoms with Crippen molar-refractivity contribution in [3.63, 3.8) is 0 Å². The topological polar surface area (TPSA) is 175 Å². The van der Waals surface area contributed by atoms with Crippen LogP contribution in [0.1, 0.15) is 74.9 Å². The lowest BCUT2D eigenvalue weighted by molar-refractivity contribution is -0.140. The molecule has 62 heavy (non-hydrogen) atoms. The first-order chi connectivity index (χ1) is 30.1. The Morgan fingerprint density at radius 1 is 0.774 bits per heavy atom. The number of ether oxygens (including phenoxy) is 2. The molecule has 0 bridgehead atoms. The van der Waals surface area contributed by atoms with Gasteiger partial charge in [0.05, 0.1) is 48.2 Å². The number of fused-ring (bicyclic) bond motifs is 4. The molecule has 0 unspecified atom stereocenters. The van der Waals surface area contributed by atoms with E-state index in [2.05, 4.69) is 69.1 Å². The van der Waals surface area contributed by atoms with E-state index in [1.165, 1.54) is 31.9 Å². The third-order valence-electron chi connectivity index (χ3n) is 12.2. The van der Waals surface area contributed by atoms with Crippen LogP contribution in [0.5, 0.6) is 0 Å². The predicted molar refractivity (Wildman–Crippen MR) is 238 cm³/mol. The van der Waals surface area contributed by atoms with Crippen molar-refractivity contribution < 1.29 is 28.7 Å². The molecular formula is C47H48N8O6S. The van der Waals surface area contributed by atoms with E-state index < -0.39 is 24.3 Å². The third-order valence-corrected chi connectivity index (χ3v) is 13.3. The van der Waals surface area contributed by atoms with E-state index in [9.17, 15) is 19.2 Å². The zero-order valence-electron chi connectivity index (χ0n) is 34.9. The van der Waals surface area contributed by atoms with E-state index in [-0.39, 0.29) is 29.8 Å². The SMILES string of the molecule is COC(=O)N[C@@H](C(=O)N1CCC[C@H]1c1ncc(-c2ccc3c(c2)sc2cc(-c4ccc5nc([C@@H]6CCCN6C(=O)[C@@H](NC(C)=O)[C@@H](C)OC)[nH]c5c4)ccc23)[nH]1)c1ccccc1. The average molecular weight is 853 g/mol. The first-order valence-corrected chi connectivity index (χ1v) is 21.7. The molecule has 2 aliphatic rings. The predicted octanol–water partition coefficient (Wildman–Crippen LogP) is 7.95. The van der Waals surface area contributed by atoms with Crippen molar-refractivity contribution >= 4 is 66.4 Å². The smallest absolute Gasteiger partial charge is 0.407 e. The summed E-state index contributed by atoms with van der Waals surface area (Å²) in [7, 11) is 2.82. The Morgan fingerprint density at radius 3 is 2.11 bits per heavy atom. The largest absolute Gasteiger partial charge is 0.453 e. The Labute approximate surface area is 362 Å². The summed E-state index contributed by atoms with van der Waals surface area (Å²) in [6.07, 6.45) is 3.85. The van der Waals surface area contributed by atoms with Crippen LogP contribution in [-0.2, 0) is 23.9 Å². The number of aromatic nitrogens is 4. The highest BCUT2D eigenvalue weighted by Crippen LogP contribution is 2.40. The lowest BCUT2D eigenvalue weighted by Gasteiger charge is -2.30. The molecule has 0 saturated carbocycles. The van der Waals surface area contributed by atoms with E-state index >= 15 is 0 Å². The number of alkyl carbamates (subject to hydrolysis) is 1. The number of benzene rings is 4. The van der Waals surface area contributed by atoms with Crippen molar-refractivity contribution in [3.05, 3.63) is 108 Å². The maximum atomic E-state index is 14.0. The van der Waals surface area contributed by atoms with Crippen LogP contribution in [-0.4, -0.2) is 93.0 Å². The van der Waals surface area contributed by atoms with Gasteiger partial charge in [0.25, 0.3) is 5.91 Å². The highest BCUT2D eigenvalue weighted by atomic mass is 32.1. The molecule has 3 aromatic heterocycles. The molecule has 0 aliphatic carbocycles. The lowest BCUT2D eigenvalue weighted by Crippen LogP contribution is -2.53. The van der Waals surface area contributed by atoms with E-state index in [1.54, 1.807) is 23.2 Å². The molecule has 0 radical (unpaired) electrons. The second-order valence-corrected chi connectivity index (χ2v) is 17.1. The fourth-order valence-corrected chi connectivity index (χ4v) is 10.1. The van der Waals surface area contributed by atoms with Gasteiger partial charge in [-0.05, 0) is 73.6 Å². The standard InChI is InChI=1S/C47H48N8O6S/c1-26(60-3)41(49-27(2)56)45(57)55-21-9-13-38(55)44-50-34-19-16-29(22-35(34)51-44)30-14-17-32-33-18-15-31(24-40(33)62-39(32)23-30)36-25-48-43(52-36)37-12-8-20-54(37)46(58)42(53-47(59)61-4)28-10-6-5-7-11-28/h5-7,10-11,14-19,22-26,37-38,41-42H,8-9,12-13,20-21H2,1-4H3,(H,48,52)(H,49,56)(H,50,51)(H,53,59)/t26-,37+,38+,41+,42-/m1/s1. The molecule has 2 aliphatic heterocycles. The fourth-order valence-electron chi connectivity index (χ4n) is 8.96. The second-order valence-electron chi connectivity index (χ2n) is 16.0. The number of amides is 4. The number of rotatable bonds is 11. The van der Waals surface area contributed by atoms with Crippen LogP contribution >= 0.6 is 11.3 Å². The summed E-state index contributed by atoms with van der Waals surface area (Å²) in [6.45, 7) is 4.32. The van der Waals surface area contributed by atoms with Crippen LogP contribution in [0, 0.1) is 0 Å². The summed E-state index contributed by atoms with van der Waals surface area (Å²) in [5, 5.41) is 7.85. The van der Waals surface area contributed by atoms with Gasteiger partial charge >= 0.3 is 6.09 Å². The lowest BCUT2D eigenvalue weighted by atomic mass is 10.0. The van der Waals surface area contributed by atoms with Crippen LogP contribution in [0.15, 0.2) is 91.1 Å². The minimum Gasteiger partial charge on any atom is -0.453 e. The molecule has 0 spiro atoms. The summed E-state index contributed by atoms with van der Waals surface area (Å²) in [4.78, 5) is 72.3. The molecule has 15 heteroatoms. The summed E-state index contributed by atoms with van der Waals surface area (Å²) < 4.78 is 12.6. The Bertz CT molecular complexity index is 2820. The van der Waals surface area contributed by atoms with Gasteiger partial charge in [0.1, 0.15) is 23.7 Å². The molecule has 5 heterocycles. The monoisotopic (exact) mass is 852 g/mol. The van der Waals surface area contributed by atoms with Gasteiger partial charge in [0.2, 0.25) is 11.8 Å². The summed E-state index contributed by atoms with van der Waals surface area (Å²) in [5.41, 5.74) is 6.38. The van der Waals surface area contributed by atoms with Crippen LogP contribution in [0.25, 0.3) is 53.6 Å². The molecule has 9 rings (SSSR count). The van der Waals surface area contributed by atoms with Crippen molar-refractivity contribution in [1.82, 2.24) is 40.4 Å². The van der Waals surface area contributed by atoms with E-state index in [0.717, 1.165) is 74.3 Å². The van der Waals surface area contributed by atoms with Crippen molar-refractivity contribution in [2.45, 2.75) is 69.8 Å². The molecule has 7 aromatic rings. The summed E-state index contributed by atoms with van der Waals surface area (Å²) >= 11 is 1.74. The van der Waals surface area contributed by atoms with Gasteiger partial charge in [0, 0.05) is 52.9 Å². The number of aromatic amines is 2. The van der Waals surface area contributed by atoms with Crippen molar-refractivity contribution in [2.75, 3.05) is 27.3 Å². The van der Waals surface area contributed by atoms with Gasteiger partial charge in [-0.2, -0.15) is 0 Å². The van der Waals surface area contributed by atoms with E-state index in [1.807, 2.05) is 47.5 Å². The first kappa shape index (κ1) is 40.8. The Balaban J connectivity index is 0.938.